The van der Waals surface area contributed by atoms with E-state index in [-0.39, 0.29) is 5.41 Å². The maximum absolute atomic E-state index is 10.5. The number of benzene rings is 1. The second kappa shape index (κ2) is 4.83. The van der Waals surface area contributed by atoms with Gasteiger partial charge in [0.25, 0.3) is 0 Å². The first-order valence-electron chi connectivity index (χ1n) is 5.77. The van der Waals surface area contributed by atoms with Gasteiger partial charge in [0, 0.05) is 22.3 Å². The zero-order valence-corrected chi connectivity index (χ0v) is 12.4. The van der Waals surface area contributed by atoms with Gasteiger partial charge in [0.05, 0.1) is 0 Å². The van der Waals surface area contributed by atoms with Crippen LogP contribution >= 0.6 is 10.5 Å². The molecule has 0 spiro atoms. The number of nitrogens with zero attached hydrogens (tertiary/aromatic N) is 1. The molecule has 0 radical (unpaired) electrons. The molecule has 1 atom stereocenters. The van der Waals surface area contributed by atoms with Crippen LogP contribution in [-0.2, 0) is 0 Å². The lowest BCUT2D eigenvalue weighted by molar-refractivity contribution is 0.585. The second-order valence-corrected chi connectivity index (χ2v) is 7.89. The van der Waals surface area contributed by atoms with Gasteiger partial charge in [0.1, 0.15) is 0 Å². The van der Waals surface area contributed by atoms with Crippen LogP contribution in [0, 0.1) is 12.3 Å². The summed E-state index contributed by atoms with van der Waals surface area (Å²) < 4.78 is 15.0. The summed E-state index contributed by atoms with van der Waals surface area (Å²) in [5.74, 6) is 0. The van der Waals surface area contributed by atoms with Crippen molar-refractivity contribution in [1.82, 2.24) is 0 Å². The van der Waals surface area contributed by atoms with E-state index < -0.39 is 10.5 Å². The predicted octanol–water partition coefficient (Wildman–Crippen LogP) is 4.68. The molecule has 1 rings (SSSR count). The molecule has 1 unspecified atom stereocenters. The lowest BCUT2D eigenvalue weighted by Crippen LogP contribution is -2.17. The monoisotopic (exact) mass is 253 g/mol. The van der Waals surface area contributed by atoms with E-state index in [1.54, 1.807) is 0 Å². The Morgan fingerprint density at radius 2 is 1.65 bits per heavy atom. The van der Waals surface area contributed by atoms with E-state index in [2.05, 4.69) is 25.2 Å². The van der Waals surface area contributed by atoms with Crippen LogP contribution in [0.1, 0.15) is 33.3 Å². The number of rotatable bonds is 2. The Balaban J connectivity index is 3.07. The van der Waals surface area contributed by atoms with Crippen LogP contribution in [0.15, 0.2) is 33.6 Å². The molecule has 0 saturated heterocycles. The molecule has 0 aliphatic heterocycles. The summed E-state index contributed by atoms with van der Waals surface area (Å²) in [4.78, 5) is 0.909. The average molecular weight is 253 g/mol. The smallest absolute Gasteiger partial charge is 0.0323 e. The molecule has 1 aromatic carbocycles. The van der Waals surface area contributed by atoms with Gasteiger partial charge < -0.3 is 4.55 Å². The molecular formula is C14H23NOS. The number of aryl methyl sites for hydroxylation is 1. The molecule has 2 nitrogen and oxygen atoms in total. The van der Waals surface area contributed by atoms with Crippen LogP contribution in [0.3, 0.4) is 0 Å². The molecule has 96 valence electrons. The van der Waals surface area contributed by atoms with Gasteiger partial charge in [-0.25, -0.2) is 4.40 Å². The fourth-order valence-electron chi connectivity index (χ4n) is 1.25. The van der Waals surface area contributed by atoms with Crippen LogP contribution in [-0.4, -0.2) is 16.5 Å². The van der Waals surface area contributed by atoms with Crippen LogP contribution in [0.4, 0.5) is 0 Å². The first kappa shape index (κ1) is 14.3. The van der Waals surface area contributed by atoms with Crippen molar-refractivity contribution in [3.05, 3.63) is 29.8 Å². The molecule has 0 aliphatic rings. The van der Waals surface area contributed by atoms with E-state index in [0.717, 1.165) is 10.6 Å². The lowest BCUT2D eigenvalue weighted by Gasteiger charge is -2.29. The fourth-order valence-corrected chi connectivity index (χ4v) is 2.82. The van der Waals surface area contributed by atoms with Gasteiger partial charge in [0.2, 0.25) is 0 Å². The number of hydrogen-bond acceptors (Lipinski definition) is 2. The molecule has 0 bridgehead atoms. The molecule has 1 aromatic rings. The Kier molecular flexibility index (Phi) is 4.05. The molecule has 1 N–H and O–H groups in total. The molecule has 0 amide bonds. The average Bonchev–Trinajstić information content (AvgIpc) is 2.16. The number of hydrogen-bond donors (Lipinski definition) is 1. The van der Waals surface area contributed by atoms with Gasteiger partial charge in [-0.15, -0.1) is 0 Å². The molecule has 0 heterocycles. The van der Waals surface area contributed by atoms with E-state index in [9.17, 15) is 4.55 Å². The minimum Gasteiger partial charge on any atom is -0.328 e. The highest BCUT2D eigenvalue weighted by Crippen LogP contribution is 2.50. The highest BCUT2D eigenvalue weighted by molar-refractivity contribution is 8.27. The van der Waals surface area contributed by atoms with Gasteiger partial charge in [-0.2, -0.15) is 0 Å². The maximum Gasteiger partial charge on any atom is 0.0323 e. The van der Waals surface area contributed by atoms with Crippen molar-refractivity contribution < 1.29 is 4.55 Å². The molecule has 0 fully saturated rings. The third-order valence-electron chi connectivity index (χ3n) is 2.87. The topological polar surface area (TPSA) is 32.6 Å². The Labute approximate surface area is 106 Å². The van der Waals surface area contributed by atoms with Crippen molar-refractivity contribution in [2.75, 3.05) is 6.26 Å². The minimum absolute atomic E-state index is 0.00167. The summed E-state index contributed by atoms with van der Waals surface area (Å²) in [6, 6.07) is 7.95. The van der Waals surface area contributed by atoms with Gasteiger partial charge >= 0.3 is 0 Å². The van der Waals surface area contributed by atoms with Crippen LogP contribution in [0.2, 0.25) is 0 Å². The zero-order chi connectivity index (χ0) is 13.3. The van der Waals surface area contributed by atoms with Crippen molar-refractivity contribution in [2.45, 2.75) is 39.5 Å². The van der Waals surface area contributed by atoms with E-state index in [4.69, 9.17) is 0 Å². The zero-order valence-electron chi connectivity index (χ0n) is 11.6. The van der Waals surface area contributed by atoms with E-state index in [0.29, 0.717) is 0 Å². The van der Waals surface area contributed by atoms with Crippen LogP contribution < -0.4 is 0 Å². The molecule has 0 saturated carbocycles. The Morgan fingerprint density at radius 3 is 2.06 bits per heavy atom. The molecule has 17 heavy (non-hydrogen) atoms. The normalized spacial score (nSPS) is 18.6. The summed E-state index contributed by atoms with van der Waals surface area (Å²) in [7, 11) is -2.07. The Hall–Kier alpha value is -0.800. The summed E-state index contributed by atoms with van der Waals surface area (Å²) >= 11 is 0. The predicted molar refractivity (Wildman–Crippen MR) is 78.2 cm³/mol. The first-order chi connectivity index (χ1) is 7.63. The Morgan fingerprint density at radius 1 is 1.18 bits per heavy atom. The second-order valence-electron chi connectivity index (χ2n) is 5.57. The minimum atomic E-state index is -2.07. The van der Waals surface area contributed by atoms with Gasteiger partial charge in [-0.1, -0.05) is 38.5 Å². The van der Waals surface area contributed by atoms with Crippen molar-refractivity contribution in [3.63, 3.8) is 0 Å². The first-order valence-corrected chi connectivity index (χ1v) is 7.73. The molecule has 0 aromatic heterocycles. The molecular weight excluding hydrogens is 230 g/mol. The SMILES string of the molecule is CC(=NS(C)(O)c1ccc(C)cc1)C(C)(C)C. The van der Waals surface area contributed by atoms with Crippen LogP contribution in [0.5, 0.6) is 0 Å². The summed E-state index contributed by atoms with van der Waals surface area (Å²) in [5, 5.41) is 0. The van der Waals surface area contributed by atoms with E-state index in [1.807, 2.05) is 44.4 Å². The third-order valence-corrected chi connectivity index (χ3v) is 4.66. The fraction of sp³-hybridized carbons (Fsp3) is 0.500. The Bertz CT molecular complexity index is 413. The molecule has 0 aliphatic carbocycles. The third kappa shape index (κ3) is 3.86. The van der Waals surface area contributed by atoms with Gasteiger partial charge in [-0.05, 0) is 36.5 Å². The van der Waals surface area contributed by atoms with Crippen molar-refractivity contribution in [2.24, 2.45) is 9.81 Å². The molecule has 3 heteroatoms. The van der Waals surface area contributed by atoms with Crippen LogP contribution in [0.25, 0.3) is 0 Å². The van der Waals surface area contributed by atoms with Gasteiger partial charge in [0.15, 0.2) is 0 Å². The largest absolute Gasteiger partial charge is 0.328 e. The van der Waals surface area contributed by atoms with Crippen molar-refractivity contribution in [1.29, 1.82) is 0 Å². The highest BCUT2D eigenvalue weighted by Gasteiger charge is 2.21. The van der Waals surface area contributed by atoms with Crippen molar-refractivity contribution >= 4 is 16.2 Å². The summed E-state index contributed by atoms with van der Waals surface area (Å²) in [6.45, 7) is 10.3. The van der Waals surface area contributed by atoms with E-state index >= 15 is 0 Å². The standard InChI is InChI=1S/C14H23NOS/c1-11-7-9-13(10-8-11)17(6,16)15-12(2)14(3,4)5/h7-10,16H,1-6H3. The maximum atomic E-state index is 10.5. The highest BCUT2D eigenvalue weighted by atomic mass is 32.3. The quantitative estimate of drug-likeness (QED) is 0.762. The van der Waals surface area contributed by atoms with Gasteiger partial charge in [-0.3, -0.25) is 0 Å². The van der Waals surface area contributed by atoms with Crippen molar-refractivity contribution in [3.8, 4) is 0 Å². The lowest BCUT2D eigenvalue weighted by atomic mass is 9.91. The van der Waals surface area contributed by atoms with E-state index in [1.165, 1.54) is 5.56 Å². The summed E-state index contributed by atoms with van der Waals surface area (Å²) in [5.41, 5.74) is 2.18. The summed E-state index contributed by atoms with van der Waals surface area (Å²) in [6.07, 6.45) is 1.81.